The summed E-state index contributed by atoms with van der Waals surface area (Å²) in [6, 6.07) is 14.2. The smallest absolute Gasteiger partial charge is 0.406 e. The summed E-state index contributed by atoms with van der Waals surface area (Å²) in [5, 5.41) is 3.27. The topological polar surface area (TPSA) is 21.3 Å². The van der Waals surface area contributed by atoms with Crippen molar-refractivity contribution in [2.75, 3.05) is 6.54 Å². The average Bonchev–Trinajstić information content (AvgIpc) is 2.44. The van der Waals surface area contributed by atoms with E-state index in [1.54, 1.807) is 12.1 Å². The Morgan fingerprint density at radius 2 is 1.73 bits per heavy atom. The van der Waals surface area contributed by atoms with E-state index in [1.165, 1.54) is 21.3 Å². The van der Waals surface area contributed by atoms with Crippen LogP contribution in [0, 0.1) is 3.57 Å². The van der Waals surface area contributed by atoms with Crippen molar-refractivity contribution in [2.45, 2.75) is 19.3 Å². The summed E-state index contributed by atoms with van der Waals surface area (Å²) in [7, 11) is 0. The van der Waals surface area contributed by atoms with Gasteiger partial charge in [0.25, 0.3) is 0 Å². The molecule has 6 heteroatoms. The summed E-state index contributed by atoms with van der Waals surface area (Å²) in [5.74, 6) is -0.199. The molecular weight excluding hydrogens is 406 g/mol. The van der Waals surface area contributed by atoms with Gasteiger partial charge in [-0.15, -0.1) is 13.2 Å². The summed E-state index contributed by atoms with van der Waals surface area (Å²) >= 11 is 2.28. The van der Waals surface area contributed by atoms with Crippen LogP contribution in [0.2, 0.25) is 0 Å². The molecule has 22 heavy (non-hydrogen) atoms. The van der Waals surface area contributed by atoms with Gasteiger partial charge in [0.1, 0.15) is 5.75 Å². The molecule has 0 heterocycles. The van der Waals surface area contributed by atoms with Crippen LogP contribution in [0.25, 0.3) is 0 Å². The molecule has 0 radical (unpaired) electrons. The Morgan fingerprint density at radius 3 is 2.36 bits per heavy atom. The third-order valence-corrected chi connectivity index (χ3v) is 3.64. The molecule has 2 rings (SSSR count). The third-order valence-electron chi connectivity index (χ3n) is 2.97. The molecule has 0 aliphatic heterocycles. The number of alkyl halides is 3. The molecule has 0 bridgehead atoms. The first kappa shape index (κ1) is 17.1. The van der Waals surface area contributed by atoms with E-state index in [0.29, 0.717) is 6.54 Å². The van der Waals surface area contributed by atoms with Crippen LogP contribution in [0.15, 0.2) is 48.5 Å². The van der Waals surface area contributed by atoms with Crippen LogP contribution < -0.4 is 10.1 Å². The van der Waals surface area contributed by atoms with Crippen LogP contribution in [0.4, 0.5) is 13.2 Å². The summed E-state index contributed by atoms with van der Waals surface area (Å²) in [6.45, 7) is 1.41. The Labute approximate surface area is 140 Å². The monoisotopic (exact) mass is 421 g/mol. The van der Waals surface area contributed by atoms with Crippen molar-refractivity contribution in [3.63, 3.8) is 0 Å². The van der Waals surface area contributed by atoms with Crippen LogP contribution in [0.3, 0.4) is 0 Å². The van der Waals surface area contributed by atoms with Crippen molar-refractivity contribution in [1.82, 2.24) is 5.32 Å². The molecule has 0 spiro atoms. The highest BCUT2D eigenvalue weighted by Gasteiger charge is 2.30. The lowest BCUT2D eigenvalue weighted by molar-refractivity contribution is -0.274. The zero-order valence-corrected chi connectivity index (χ0v) is 13.8. The van der Waals surface area contributed by atoms with Gasteiger partial charge in [-0.3, -0.25) is 0 Å². The molecule has 2 aromatic rings. The Kier molecular flexibility index (Phi) is 6.07. The SMILES string of the molecule is FC(F)(F)Oc1ccc(CNCCc2cccc(I)c2)cc1. The number of ether oxygens (including phenoxy) is 1. The predicted molar refractivity (Wildman–Crippen MR) is 87.7 cm³/mol. The van der Waals surface area contributed by atoms with E-state index in [9.17, 15) is 13.2 Å². The lowest BCUT2D eigenvalue weighted by Crippen LogP contribution is -2.18. The molecule has 1 N–H and O–H groups in total. The molecule has 0 aliphatic rings. The molecule has 118 valence electrons. The number of rotatable bonds is 6. The van der Waals surface area contributed by atoms with Crippen LogP contribution in [0.1, 0.15) is 11.1 Å². The van der Waals surface area contributed by atoms with E-state index in [0.717, 1.165) is 18.5 Å². The molecule has 0 saturated heterocycles. The number of benzene rings is 2. The molecule has 0 saturated carbocycles. The zero-order valence-electron chi connectivity index (χ0n) is 11.7. The second-order valence-corrected chi connectivity index (χ2v) is 5.99. The van der Waals surface area contributed by atoms with Crippen LogP contribution >= 0.6 is 22.6 Å². The van der Waals surface area contributed by atoms with Crippen molar-refractivity contribution < 1.29 is 17.9 Å². The maximum Gasteiger partial charge on any atom is 0.573 e. The van der Waals surface area contributed by atoms with Gasteiger partial charge in [0.15, 0.2) is 0 Å². The minimum absolute atomic E-state index is 0.199. The van der Waals surface area contributed by atoms with Crippen molar-refractivity contribution in [2.24, 2.45) is 0 Å². The van der Waals surface area contributed by atoms with E-state index in [2.05, 4.69) is 44.8 Å². The fourth-order valence-corrected chi connectivity index (χ4v) is 2.57. The Hall–Kier alpha value is -1.28. The highest BCUT2D eigenvalue weighted by molar-refractivity contribution is 14.1. The largest absolute Gasteiger partial charge is 0.573 e. The molecule has 0 aliphatic carbocycles. The third kappa shape index (κ3) is 6.23. The number of halogens is 4. The average molecular weight is 421 g/mol. The highest BCUT2D eigenvalue weighted by atomic mass is 127. The minimum Gasteiger partial charge on any atom is -0.406 e. The standard InChI is InChI=1S/C16H15F3INO/c17-16(18,19)22-15-6-4-13(5-7-15)11-21-9-8-12-2-1-3-14(20)10-12/h1-7,10,21H,8-9,11H2. The highest BCUT2D eigenvalue weighted by Crippen LogP contribution is 2.22. The van der Waals surface area contributed by atoms with Gasteiger partial charge in [-0.25, -0.2) is 0 Å². The quantitative estimate of drug-likeness (QED) is 0.547. The second kappa shape index (κ2) is 7.82. The molecule has 0 aromatic heterocycles. The Balaban J connectivity index is 1.75. The van der Waals surface area contributed by atoms with Gasteiger partial charge in [-0.1, -0.05) is 24.3 Å². The summed E-state index contributed by atoms with van der Waals surface area (Å²) < 4.78 is 41.2. The van der Waals surface area contributed by atoms with E-state index in [1.807, 2.05) is 12.1 Å². The first-order valence-corrected chi connectivity index (χ1v) is 7.80. The van der Waals surface area contributed by atoms with Crippen molar-refractivity contribution >= 4 is 22.6 Å². The van der Waals surface area contributed by atoms with Crippen molar-refractivity contribution in [1.29, 1.82) is 0 Å². The van der Waals surface area contributed by atoms with Crippen molar-refractivity contribution in [3.8, 4) is 5.75 Å². The fourth-order valence-electron chi connectivity index (χ4n) is 1.97. The minimum atomic E-state index is -4.65. The predicted octanol–water partition coefficient (Wildman–Crippen LogP) is 4.52. The van der Waals surface area contributed by atoms with Gasteiger partial charge in [-0.05, 0) is 70.9 Å². The molecular formula is C16H15F3INO. The van der Waals surface area contributed by atoms with Gasteiger partial charge in [0.05, 0.1) is 0 Å². The van der Waals surface area contributed by atoms with Gasteiger partial charge in [0, 0.05) is 10.1 Å². The zero-order chi connectivity index (χ0) is 16.0. The van der Waals surface area contributed by atoms with E-state index >= 15 is 0 Å². The lowest BCUT2D eigenvalue weighted by atomic mass is 10.1. The van der Waals surface area contributed by atoms with Gasteiger partial charge >= 0.3 is 6.36 Å². The van der Waals surface area contributed by atoms with Gasteiger partial charge in [-0.2, -0.15) is 0 Å². The maximum absolute atomic E-state index is 12.0. The second-order valence-electron chi connectivity index (χ2n) is 4.75. The summed E-state index contributed by atoms with van der Waals surface area (Å²) in [6.07, 6.45) is -3.74. The van der Waals surface area contributed by atoms with E-state index in [-0.39, 0.29) is 5.75 Å². The van der Waals surface area contributed by atoms with Gasteiger partial charge in [0.2, 0.25) is 0 Å². The lowest BCUT2D eigenvalue weighted by Gasteiger charge is -2.10. The van der Waals surface area contributed by atoms with Gasteiger partial charge < -0.3 is 10.1 Å². The first-order chi connectivity index (χ1) is 10.4. The van der Waals surface area contributed by atoms with E-state index in [4.69, 9.17) is 0 Å². The summed E-state index contributed by atoms with van der Waals surface area (Å²) in [5.41, 5.74) is 2.17. The number of nitrogens with one attached hydrogen (secondary N) is 1. The molecule has 2 aromatic carbocycles. The normalized spacial score (nSPS) is 11.5. The molecule has 2 nitrogen and oxygen atoms in total. The first-order valence-electron chi connectivity index (χ1n) is 6.72. The molecule has 0 amide bonds. The van der Waals surface area contributed by atoms with E-state index < -0.39 is 6.36 Å². The van der Waals surface area contributed by atoms with Crippen LogP contribution in [-0.4, -0.2) is 12.9 Å². The molecule has 0 atom stereocenters. The molecule has 0 fully saturated rings. The number of hydrogen-bond donors (Lipinski definition) is 1. The fraction of sp³-hybridized carbons (Fsp3) is 0.250. The Bertz CT molecular complexity index is 599. The van der Waals surface area contributed by atoms with Crippen LogP contribution in [0.5, 0.6) is 5.75 Å². The Morgan fingerprint density at radius 1 is 1.00 bits per heavy atom. The maximum atomic E-state index is 12.0. The van der Waals surface area contributed by atoms with Crippen LogP contribution in [-0.2, 0) is 13.0 Å². The molecule has 0 unspecified atom stereocenters. The number of hydrogen-bond acceptors (Lipinski definition) is 2. The van der Waals surface area contributed by atoms with Crippen molar-refractivity contribution in [3.05, 3.63) is 63.2 Å². The summed E-state index contributed by atoms with van der Waals surface area (Å²) in [4.78, 5) is 0.